The Labute approximate surface area is 183 Å². The summed E-state index contributed by atoms with van der Waals surface area (Å²) in [5, 5.41) is 13.3. The van der Waals surface area contributed by atoms with Gasteiger partial charge in [0.2, 0.25) is 0 Å². The smallest absolute Gasteiger partial charge is 0.337 e. The van der Waals surface area contributed by atoms with Crippen LogP contribution in [0.1, 0.15) is 54.4 Å². The van der Waals surface area contributed by atoms with Crippen LogP contribution in [0.2, 0.25) is 0 Å². The Morgan fingerprint density at radius 2 is 1.58 bits per heavy atom. The second-order valence-electron chi connectivity index (χ2n) is 10.2. The minimum absolute atomic E-state index is 0.148. The van der Waals surface area contributed by atoms with Gasteiger partial charge in [0.25, 0.3) is 0 Å². The monoisotopic (exact) mass is 412 g/mol. The van der Waals surface area contributed by atoms with Gasteiger partial charge in [0, 0.05) is 5.56 Å². The van der Waals surface area contributed by atoms with Crippen LogP contribution in [0, 0.1) is 17.8 Å². The molecule has 1 N–H and O–H groups in total. The molecule has 4 aliphatic carbocycles. The summed E-state index contributed by atoms with van der Waals surface area (Å²) in [6, 6.07) is 18.1. The Balaban J connectivity index is 1.47. The van der Waals surface area contributed by atoms with Gasteiger partial charge in [-0.3, -0.25) is 0 Å². The third-order valence-electron chi connectivity index (χ3n) is 8.22. The van der Waals surface area contributed by atoms with Gasteiger partial charge in [-0.25, -0.2) is 4.79 Å². The Morgan fingerprint density at radius 3 is 2.19 bits per heavy atom. The molecule has 0 unspecified atom stereocenters. The number of aromatic hydroxyl groups is 1. The van der Waals surface area contributed by atoms with Gasteiger partial charge < -0.3 is 9.84 Å². The van der Waals surface area contributed by atoms with Crippen LogP contribution in [-0.4, -0.2) is 18.2 Å². The summed E-state index contributed by atoms with van der Waals surface area (Å²) in [7, 11) is 1.40. The lowest BCUT2D eigenvalue weighted by Crippen LogP contribution is -2.48. The van der Waals surface area contributed by atoms with E-state index in [1.54, 1.807) is 0 Å². The van der Waals surface area contributed by atoms with E-state index in [2.05, 4.69) is 18.2 Å². The quantitative estimate of drug-likeness (QED) is 0.502. The number of hydrogen-bond acceptors (Lipinski definition) is 3. The summed E-state index contributed by atoms with van der Waals surface area (Å²) in [4.78, 5) is 11.8. The first-order chi connectivity index (χ1) is 15.0. The molecule has 0 atom stereocenters. The maximum atomic E-state index is 11.8. The molecule has 3 heteroatoms. The van der Waals surface area contributed by atoms with Gasteiger partial charge in [-0.05, 0) is 108 Å². The van der Waals surface area contributed by atoms with E-state index >= 15 is 0 Å². The Kier molecular flexibility index (Phi) is 4.18. The predicted octanol–water partition coefficient (Wildman–Crippen LogP) is 6.47. The standard InChI is InChI=1S/C28H28O3/c1-31-27(30)21-7-5-20(6-8-21)23-4-2-3-22-12-26(29)25(13-24(22)23)28-14-17-9-18(15-28)11-19(10-17)16-28/h2-8,12-13,17-19,29H,9-11,14-16H2,1H3. The number of methoxy groups -OCH3 is 1. The number of esters is 1. The first-order valence-electron chi connectivity index (χ1n) is 11.5. The van der Waals surface area contributed by atoms with E-state index in [4.69, 9.17) is 4.74 Å². The fourth-order valence-electron chi connectivity index (χ4n) is 7.33. The van der Waals surface area contributed by atoms with Crippen molar-refractivity contribution in [2.24, 2.45) is 17.8 Å². The average Bonchev–Trinajstić information content (AvgIpc) is 2.77. The number of phenols is 1. The van der Waals surface area contributed by atoms with E-state index in [1.165, 1.54) is 51.0 Å². The molecule has 4 aliphatic rings. The number of carbonyl (C=O) groups excluding carboxylic acids is 1. The molecule has 0 spiro atoms. The summed E-state index contributed by atoms with van der Waals surface area (Å²) in [5.74, 6) is 2.65. The first kappa shape index (κ1) is 18.9. The zero-order valence-corrected chi connectivity index (χ0v) is 17.9. The lowest BCUT2D eigenvalue weighted by atomic mass is 9.48. The summed E-state index contributed by atoms with van der Waals surface area (Å²) in [6.45, 7) is 0. The second-order valence-corrected chi connectivity index (χ2v) is 10.2. The van der Waals surface area contributed by atoms with E-state index in [9.17, 15) is 9.90 Å². The third kappa shape index (κ3) is 2.97. The van der Waals surface area contributed by atoms with Crippen molar-refractivity contribution in [3.05, 3.63) is 65.7 Å². The van der Waals surface area contributed by atoms with Gasteiger partial charge in [0.05, 0.1) is 12.7 Å². The lowest BCUT2D eigenvalue weighted by Gasteiger charge is -2.57. The molecule has 3 aromatic rings. The molecule has 4 fully saturated rings. The number of benzene rings is 3. The van der Waals surface area contributed by atoms with Crippen LogP contribution in [0.15, 0.2) is 54.6 Å². The molecule has 7 rings (SSSR count). The molecule has 0 radical (unpaired) electrons. The van der Waals surface area contributed by atoms with E-state index in [0.717, 1.165) is 39.8 Å². The molecule has 0 amide bonds. The van der Waals surface area contributed by atoms with Crippen molar-refractivity contribution in [2.45, 2.75) is 43.9 Å². The van der Waals surface area contributed by atoms with E-state index < -0.39 is 0 Å². The van der Waals surface area contributed by atoms with Crippen molar-refractivity contribution in [1.82, 2.24) is 0 Å². The van der Waals surface area contributed by atoms with Crippen LogP contribution in [-0.2, 0) is 10.2 Å². The normalized spacial score (nSPS) is 28.7. The average molecular weight is 413 g/mol. The lowest BCUT2D eigenvalue weighted by molar-refractivity contribution is -0.00606. The molecule has 4 bridgehead atoms. The maximum absolute atomic E-state index is 11.8. The SMILES string of the molecule is COC(=O)c1ccc(-c2cccc3cc(O)c(C45CC6CC(CC(C6)C4)C5)cc23)cc1. The van der Waals surface area contributed by atoms with Crippen molar-refractivity contribution in [2.75, 3.05) is 7.11 Å². The minimum atomic E-state index is -0.321. The third-order valence-corrected chi connectivity index (χ3v) is 8.22. The Bertz CT molecular complexity index is 1140. The number of hydrogen-bond donors (Lipinski definition) is 1. The Hall–Kier alpha value is -2.81. The van der Waals surface area contributed by atoms with Crippen molar-refractivity contribution < 1.29 is 14.6 Å². The highest BCUT2D eigenvalue weighted by Gasteiger charge is 2.52. The van der Waals surface area contributed by atoms with Crippen LogP contribution in [0.5, 0.6) is 5.75 Å². The zero-order valence-electron chi connectivity index (χ0n) is 17.9. The summed E-state index contributed by atoms with van der Waals surface area (Å²) < 4.78 is 4.83. The highest BCUT2D eigenvalue weighted by atomic mass is 16.5. The summed E-state index contributed by atoms with van der Waals surface area (Å²) in [5.41, 5.74) is 4.07. The molecule has 0 saturated heterocycles. The molecule has 0 heterocycles. The molecule has 0 aromatic heterocycles. The fraction of sp³-hybridized carbons (Fsp3) is 0.393. The number of phenolic OH excluding ortho intramolecular Hbond substituents is 1. The van der Waals surface area contributed by atoms with Gasteiger partial charge in [-0.2, -0.15) is 0 Å². The topological polar surface area (TPSA) is 46.5 Å². The molecule has 4 saturated carbocycles. The molecule has 3 nitrogen and oxygen atoms in total. The zero-order chi connectivity index (χ0) is 21.2. The van der Waals surface area contributed by atoms with Gasteiger partial charge in [-0.15, -0.1) is 0 Å². The van der Waals surface area contributed by atoms with Crippen molar-refractivity contribution in [3.8, 4) is 16.9 Å². The number of carbonyl (C=O) groups is 1. The van der Waals surface area contributed by atoms with E-state index in [0.29, 0.717) is 11.3 Å². The van der Waals surface area contributed by atoms with Crippen molar-refractivity contribution >= 4 is 16.7 Å². The van der Waals surface area contributed by atoms with Gasteiger partial charge in [0.1, 0.15) is 5.75 Å². The highest BCUT2D eigenvalue weighted by molar-refractivity contribution is 5.99. The number of ether oxygens (including phenoxy) is 1. The first-order valence-corrected chi connectivity index (χ1v) is 11.5. The summed E-state index contributed by atoms with van der Waals surface area (Å²) >= 11 is 0. The van der Waals surface area contributed by atoms with Crippen LogP contribution in [0.25, 0.3) is 21.9 Å². The fourth-order valence-corrected chi connectivity index (χ4v) is 7.33. The maximum Gasteiger partial charge on any atom is 0.337 e. The minimum Gasteiger partial charge on any atom is -0.508 e. The van der Waals surface area contributed by atoms with Crippen LogP contribution >= 0.6 is 0 Å². The van der Waals surface area contributed by atoms with Crippen molar-refractivity contribution in [3.63, 3.8) is 0 Å². The molecular formula is C28H28O3. The Morgan fingerprint density at radius 1 is 0.935 bits per heavy atom. The van der Waals surface area contributed by atoms with Gasteiger partial charge in [-0.1, -0.05) is 30.3 Å². The molecule has 31 heavy (non-hydrogen) atoms. The molecule has 158 valence electrons. The number of fused-ring (bicyclic) bond motifs is 1. The van der Waals surface area contributed by atoms with Gasteiger partial charge >= 0.3 is 5.97 Å². The largest absolute Gasteiger partial charge is 0.508 e. The highest BCUT2D eigenvalue weighted by Crippen LogP contribution is 2.62. The molecule has 3 aromatic carbocycles. The number of rotatable bonds is 3. The second kappa shape index (κ2) is 6.85. The van der Waals surface area contributed by atoms with Crippen molar-refractivity contribution in [1.29, 1.82) is 0 Å². The molecule has 0 aliphatic heterocycles. The van der Waals surface area contributed by atoms with Crippen LogP contribution in [0.4, 0.5) is 0 Å². The van der Waals surface area contributed by atoms with E-state index in [-0.39, 0.29) is 11.4 Å². The van der Waals surface area contributed by atoms with Gasteiger partial charge in [0.15, 0.2) is 0 Å². The predicted molar refractivity (Wildman–Crippen MR) is 122 cm³/mol. The van der Waals surface area contributed by atoms with E-state index in [1.807, 2.05) is 36.4 Å². The van der Waals surface area contributed by atoms with Crippen LogP contribution < -0.4 is 0 Å². The summed E-state index contributed by atoms with van der Waals surface area (Å²) in [6.07, 6.45) is 7.87. The van der Waals surface area contributed by atoms with Crippen LogP contribution in [0.3, 0.4) is 0 Å². The molecular weight excluding hydrogens is 384 g/mol.